The standard InChI is InChI=1S/C22H23F3N2O3/c1-14-13-16(21(29)26-17-5-3-2-4-6-17)9-12-19(14)27-20(28)15-7-10-18(11-8-15)30-22(23,24)25/h7-13,17H,2-6H2,1H3,(H,26,29)(H,27,28). The lowest BCUT2D eigenvalue weighted by molar-refractivity contribution is -0.274. The summed E-state index contributed by atoms with van der Waals surface area (Å²) in [5, 5.41) is 5.76. The minimum absolute atomic E-state index is 0.136. The molecule has 160 valence electrons. The van der Waals surface area contributed by atoms with Crippen LogP contribution in [0.5, 0.6) is 5.75 Å². The maximum atomic E-state index is 12.5. The summed E-state index contributed by atoms with van der Waals surface area (Å²) in [6, 6.07) is 9.84. The Morgan fingerprint density at radius 3 is 2.17 bits per heavy atom. The summed E-state index contributed by atoms with van der Waals surface area (Å²) in [6.45, 7) is 1.77. The fourth-order valence-electron chi connectivity index (χ4n) is 3.46. The number of aryl methyl sites for hydroxylation is 1. The smallest absolute Gasteiger partial charge is 0.406 e. The van der Waals surface area contributed by atoms with E-state index < -0.39 is 18.0 Å². The highest BCUT2D eigenvalue weighted by Crippen LogP contribution is 2.24. The lowest BCUT2D eigenvalue weighted by Crippen LogP contribution is -2.36. The average Bonchev–Trinajstić information content (AvgIpc) is 2.69. The summed E-state index contributed by atoms with van der Waals surface area (Å²) >= 11 is 0. The first-order valence-corrected chi connectivity index (χ1v) is 9.80. The Balaban J connectivity index is 1.62. The van der Waals surface area contributed by atoms with Gasteiger partial charge in [-0.25, -0.2) is 0 Å². The van der Waals surface area contributed by atoms with Crippen molar-refractivity contribution in [3.05, 3.63) is 59.2 Å². The van der Waals surface area contributed by atoms with Gasteiger partial charge in [0.25, 0.3) is 11.8 Å². The van der Waals surface area contributed by atoms with Crippen molar-refractivity contribution in [2.75, 3.05) is 5.32 Å². The third-order valence-electron chi connectivity index (χ3n) is 5.03. The Bertz CT molecular complexity index is 905. The number of carbonyl (C=O) groups is 2. The van der Waals surface area contributed by atoms with Crippen molar-refractivity contribution in [1.82, 2.24) is 5.32 Å². The van der Waals surface area contributed by atoms with Crippen LogP contribution >= 0.6 is 0 Å². The quantitative estimate of drug-likeness (QED) is 0.698. The Kier molecular flexibility index (Phi) is 6.64. The zero-order chi connectivity index (χ0) is 21.7. The summed E-state index contributed by atoms with van der Waals surface area (Å²) < 4.78 is 40.5. The molecule has 2 amide bonds. The Hall–Kier alpha value is -3.03. The number of halogens is 3. The molecular weight excluding hydrogens is 397 g/mol. The number of amides is 2. The number of alkyl halides is 3. The maximum absolute atomic E-state index is 12.5. The van der Waals surface area contributed by atoms with Gasteiger partial charge in [0.2, 0.25) is 0 Å². The van der Waals surface area contributed by atoms with Crippen LogP contribution in [0.4, 0.5) is 18.9 Å². The van der Waals surface area contributed by atoms with E-state index in [0.29, 0.717) is 16.8 Å². The second kappa shape index (κ2) is 9.19. The molecule has 2 N–H and O–H groups in total. The largest absolute Gasteiger partial charge is 0.573 e. The Labute approximate surface area is 172 Å². The van der Waals surface area contributed by atoms with Gasteiger partial charge in [0, 0.05) is 22.9 Å². The van der Waals surface area contributed by atoms with Crippen LogP contribution in [0.15, 0.2) is 42.5 Å². The minimum Gasteiger partial charge on any atom is -0.406 e. The van der Waals surface area contributed by atoms with E-state index in [2.05, 4.69) is 15.4 Å². The number of ether oxygens (including phenoxy) is 1. The van der Waals surface area contributed by atoms with Crippen molar-refractivity contribution in [3.63, 3.8) is 0 Å². The lowest BCUT2D eigenvalue weighted by atomic mass is 9.95. The first kappa shape index (κ1) is 21.7. The zero-order valence-electron chi connectivity index (χ0n) is 16.5. The van der Waals surface area contributed by atoms with Gasteiger partial charge >= 0.3 is 6.36 Å². The van der Waals surface area contributed by atoms with Gasteiger partial charge in [-0.05, 0) is 67.8 Å². The van der Waals surface area contributed by atoms with E-state index >= 15 is 0 Å². The van der Waals surface area contributed by atoms with E-state index in [9.17, 15) is 22.8 Å². The fraction of sp³-hybridized carbons (Fsp3) is 0.364. The van der Waals surface area contributed by atoms with Crippen molar-refractivity contribution >= 4 is 17.5 Å². The SMILES string of the molecule is Cc1cc(C(=O)NC2CCCCC2)ccc1NC(=O)c1ccc(OC(F)(F)F)cc1. The molecule has 0 bridgehead atoms. The predicted molar refractivity (Wildman–Crippen MR) is 107 cm³/mol. The minimum atomic E-state index is -4.79. The molecule has 8 heteroatoms. The molecule has 1 aliphatic rings. The number of nitrogens with one attached hydrogen (secondary N) is 2. The molecule has 0 radical (unpaired) electrons. The van der Waals surface area contributed by atoms with Gasteiger partial charge in [0.15, 0.2) is 0 Å². The van der Waals surface area contributed by atoms with Crippen LogP contribution < -0.4 is 15.4 Å². The normalized spacial score (nSPS) is 14.8. The van der Waals surface area contributed by atoms with Gasteiger partial charge < -0.3 is 15.4 Å². The summed E-state index contributed by atoms with van der Waals surface area (Å²) in [7, 11) is 0. The van der Waals surface area contributed by atoms with Crippen molar-refractivity contribution in [1.29, 1.82) is 0 Å². The molecule has 0 spiro atoms. The molecule has 2 aromatic carbocycles. The maximum Gasteiger partial charge on any atom is 0.573 e. The summed E-state index contributed by atoms with van der Waals surface area (Å²) in [5.41, 5.74) is 1.93. The molecule has 0 unspecified atom stereocenters. The molecule has 1 aliphatic carbocycles. The van der Waals surface area contributed by atoms with Gasteiger partial charge in [0.1, 0.15) is 5.75 Å². The molecule has 30 heavy (non-hydrogen) atoms. The first-order chi connectivity index (χ1) is 14.2. The van der Waals surface area contributed by atoms with Gasteiger partial charge in [-0.1, -0.05) is 19.3 Å². The van der Waals surface area contributed by atoms with E-state index in [-0.39, 0.29) is 17.5 Å². The number of rotatable bonds is 5. The summed E-state index contributed by atoms with van der Waals surface area (Å²) in [4.78, 5) is 24.9. The molecule has 3 rings (SSSR count). The number of carbonyl (C=O) groups excluding carboxylic acids is 2. The summed E-state index contributed by atoms with van der Waals surface area (Å²) in [5.74, 6) is -1.01. The highest BCUT2D eigenvalue weighted by Gasteiger charge is 2.31. The molecule has 1 fully saturated rings. The molecule has 2 aromatic rings. The van der Waals surface area contributed by atoms with Crippen molar-refractivity contribution < 1.29 is 27.5 Å². The van der Waals surface area contributed by atoms with Crippen LogP contribution in [0, 0.1) is 6.92 Å². The van der Waals surface area contributed by atoms with Gasteiger partial charge in [-0.15, -0.1) is 13.2 Å². The monoisotopic (exact) mass is 420 g/mol. The summed E-state index contributed by atoms with van der Waals surface area (Å²) in [6.07, 6.45) is 0.650. The van der Waals surface area contributed by atoms with Crippen LogP contribution in [-0.4, -0.2) is 24.2 Å². The van der Waals surface area contributed by atoms with Crippen LogP contribution in [-0.2, 0) is 0 Å². The third kappa shape index (κ3) is 5.98. The lowest BCUT2D eigenvalue weighted by Gasteiger charge is -2.23. The molecule has 0 aromatic heterocycles. The van der Waals surface area contributed by atoms with Crippen LogP contribution in [0.3, 0.4) is 0 Å². The van der Waals surface area contributed by atoms with Gasteiger partial charge in [-0.3, -0.25) is 9.59 Å². The predicted octanol–water partition coefficient (Wildman–Crippen LogP) is 5.21. The number of hydrogen-bond acceptors (Lipinski definition) is 3. The highest BCUT2D eigenvalue weighted by atomic mass is 19.4. The van der Waals surface area contributed by atoms with E-state index in [1.165, 1.54) is 18.6 Å². The first-order valence-electron chi connectivity index (χ1n) is 9.80. The zero-order valence-corrected chi connectivity index (χ0v) is 16.5. The molecule has 0 heterocycles. The second-order valence-corrected chi connectivity index (χ2v) is 7.36. The van der Waals surface area contributed by atoms with E-state index in [0.717, 1.165) is 37.8 Å². The molecular formula is C22H23F3N2O3. The van der Waals surface area contributed by atoms with Crippen molar-refractivity contribution in [2.45, 2.75) is 51.4 Å². The number of anilines is 1. The molecule has 5 nitrogen and oxygen atoms in total. The topological polar surface area (TPSA) is 67.4 Å². The van der Waals surface area contributed by atoms with Gasteiger partial charge in [0.05, 0.1) is 0 Å². The van der Waals surface area contributed by atoms with Crippen molar-refractivity contribution in [3.8, 4) is 5.75 Å². The molecule has 0 saturated heterocycles. The van der Waals surface area contributed by atoms with E-state index in [1.807, 2.05) is 0 Å². The average molecular weight is 420 g/mol. The van der Waals surface area contributed by atoms with E-state index in [4.69, 9.17) is 0 Å². The van der Waals surface area contributed by atoms with Crippen LogP contribution in [0.25, 0.3) is 0 Å². The van der Waals surface area contributed by atoms with Crippen LogP contribution in [0.2, 0.25) is 0 Å². The third-order valence-corrected chi connectivity index (χ3v) is 5.03. The fourth-order valence-corrected chi connectivity index (χ4v) is 3.46. The second-order valence-electron chi connectivity index (χ2n) is 7.36. The van der Waals surface area contributed by atoms with E-state index in [1.54, 1.807) is 25.1 Å². The van der Waals surface area contributed by atoms with Crippen LogP contribution in [0.1, 0.15) is 58.4 Å². The molecule has 1 saturated carbocycles. The van der Waals surface area contributed by atoms with Crippen molar-refractivity contribution in [2.24, 2.45) is 0 Å². The molecule has 0 aliphatic heterocycles. The Morgan fingerprint density at radius 1 is 0.933 bits per heavy atom. The molecule has 0 atom stereocenters. The van der Waals surface area contributed by atoms with Gasteiger partial charge in [-0.2, -0.15) is 0 Å². The Morgan fingerprint density at radius 2 is 1.57 bits per heavy atom. The number of benzene rings is 2. The highest BCUT2D eigenvalue weighted by molar-refractivity contribution is 6.05. The number of hydrogen-bond donors (Lipinski definition) is 2.